The van der Waals surface area contributed by atoms with Crippen molar-refractivity contribution in [3.63, 3.8) is 0 Å². The van der Waals surface area contributed by atoms with Gasteiger partial charge in [0, 0.05) is 21.1 Å². The van der Waals surface area contributed by atoms with Gasteiger partial charge in [-0.25, -0.2) is 4.39 Å². The van der Waals surface area contributed by atoms with E-state index in [0.29, 0.717) is 0 Å². The highest BCUT2D eigenvalue weighted by Gasteiger charge is 2.03. The minimum atomic E-state index is -0.215. The Morgan fingerprint density at radius 1 is 0.941 bits per heavy atom. The van der Waals surface area contributed by atoms with Crippen LogP contribution in [0.3, 0.4) is 0 Å². The van der Waals surface area contributed by atoms with Crippen LogP contribution in [0.2, 0.25) is 0 Å². The summed E-state index contributed by atoms with van der Waals surface area (Å²) in [7, 11) is 0. The van der Waals surface area contributed by atoms with Gasteiger partial charge in [-0.1, -0.05) is 15.9 Å². The van der Waals surface area contributed by atoms with E-state index in [1.807, 2.05) is 12.1 Å². The molecule has 0 atom stereocenters. The average Bonchev–Trinajstić information content (AvgIpc) is 2.72. The predicted molar refractivity (Wildman–Crippen MR) is 71.4 cm³/mol. The molecule has 0 amide bonds. The lowest BCUT2D eigenvalue weighted by molar-refractivity contribution is 0.628. The van der Waals surface area contributed by atoms with Crippen LogP contribution in [0.15, 0.2) is 53.0 Å². The lowest BCUT2D eigenvalue weighted by atomic mass is 10.1. The molecule has 3 heteroatoms. The second kappa shape index (κ2) is 4.00. The number of nitrogens with one attached hydrogen (secondary N) is 1. The van der Waals surface area contributed by atoms with Crippen LogP contribution in [-0.4, -0.2) is 4.98 Å². The van der Waals surface area contributed by atoms with E-state index in [0.717, 1.165) is 26.6 Å². The van der Waals surface area contributed by atoms with Gasteiger partial charge in [-0.2, -0.15) is 0 Å². The van der Waals surface area contributed by atoms with Crippen molar-refractivity contribution in [3.8, 4) is 11.3 Å². The number of rotatable bonds is 1. The number of halogens is 2. The molecule has 0 saturated heterocycles. The minimum Gasteiger partial charge on any atom is -0.355 e. The smallest absolute Gasteiger partial charge is 0.123 e. The molecule has 3 aromatic rings. The summed E-state index contributed by atoms with van der Waals surface area (Å²) in [6.45, 7) is 0. The molecule has 0 aliphatic rings. The molecule has 0 aliphatic carbocycles. The summed E-state index contributed by atoms with van der Waals surface area (Å²) in [6, 6.07) is 14.6. The van der Waals surface area contributed by atoms with E-state index in [1.54, 1.807) is 12.1 Å². The third-order valence-electron chi connectivity index (χ3n) is 2.74. The summed E-state index contributed by atoms with van der Waals surface area (Å²) in [4.78, 5) is 3.32. The zero-order chi connectivity index (χ0) is 11.8. The summed E-state index contributed by atoms with van der Waals surface area (Å²) >= 11 is 3.44. The van der Waals surface area contributed by atoms with Gasteiger partial charge in [-0.15, -0.1) is 0 Å². The number of aromatic nitrogens is 1. The number of fused-ring (bicyclic) bond motifs is 1. The highest BCUT2D eigenvalue weighted by atomic mass is 79.9. The van der Waals surface area contributed by atoms with Crippen LogP contribution in [-0.2, 0) is 0 Å². The van der Waals surface area contributed by atoms with Crippen molar-refractivity contribution >= 4 is 26.8 Å². The maximum absolute atomic E-state index is 12.8. The van der Waals surface area contributed by atoms with E-state index >= 15 is 0 Å². The molecule has 0 unspecified atom stereocenters. The van der Waals surface area contributed by atoms with Crippen LogP contribution in [0.5, 0.6) is 0 Å². The third kappa shape index (κ3) is 1.98. The van der Waals surface area contributed by atoms with Gasteiger partial charge in [0.15, 0.2) is 0 Å². The molecule has 1 N–H and O–H groups in total. The first-order valence-electron chi connectivity index (χ1n) is 5.26. The normalized spacial score (nSPS) is 10.9. The standard InChI is InChI=1S/C14H9BrFN/c15-11-3-6-13-10(7-11)8-14(17-13)9-1-4-12(16)5-2-9/h1-8,17H. The molecular formula is C14H9BrFN. The Labute approximate surface area is 106 Å². The molecule has 0 spiro atoms. The highest BCUT2D eigenvalue weighted by Crippen LogP contribution is 2.26. The fourth-order valence-electron chi connectivity index (χ4n) is 1.89. The summed E-state index contributed by atoms with van der Waals surface area (Å²) in [5.41, 5.74) is 3.06. The molecule has 3 rings (SSSR count). The first-order valence-corrected chi connectivity index (χ1v) is 6.06. The molecule has 0 saturated carbocycles. The summed E-state index contributed by atoms with van der Waals surface area (Å²) in [6.07, 6.45) is 0. The number of hydrogen-bond donors (Lipinski definition) is 1. The molecule has 0 fully saturated rings. The van der Waals surface area contributed by atoms with Gasteiger partial charge in [0.05, 0.1) is 0 Å². The fraction of sp³-hybridized carbons (Fsp3) is 0. The molecule has 1 nitrogen and oxygen atoms in total. The van der Waals surface area contributed by atoms with E-state index in [4.69, 9.17) is 0 Å². The SMILES string of the molecule is Fc1ccc(-c2cc3cc(Br)ccc3[nH]2)cc1. The Balaban J connectivity index is 2.14. The summed E-state index contributed by atoms with van der Waals surface area (Å²) in [5.74, 6) is -0.215. The van der Waals surface area contributed by atoms with Crippen LogP contribution in [0.1, 0.15) is 0 Å². The third-order valence-corrected chi connectivity index (χ3v) is 3.23. The van der Waals surface area contributed by atoms with Crippen LogP contribution in [0.4, 0.5) is 4.39 Å². The largest absolute Gasteiger partial charge is 0.355 e. The first kappa shape index (κ1) is 10.5. The van der Waals surface area contributed by atoms with E-state index in [9.17, 15) is 4.39 Å². The Bertz CT molecular complexity index is 670. The van der Waals surface area contributed by atoms with Crippen molar-refractivity contribution in [2.24, 2.45) is 0 Å². The van der Waals surface area contributed by atoms with E-state index in [2.05, 4.69) is 33.0 Å². The van der Waals surface area contributed by atoms with Gasteiger partial charge in [0.2, 0.25) is 0 Å². The highest BCUT2D eigenvalue weighted by molar-refractivity contribution is 9.10. The molecule has 1 aromatic heterocycles. The maximum Gasteiger partial charge on any atom is 0.123 e. The van der Waals surface area contributed by atoms with Gasteiger partial charge in [0.25, 0.3) is 0 Å². The van der Waals surface area contributed by atoms with Crippen molar-refractivity contribution in [1.82, 2.24) is 4.98 Å². The molecule has 1 heterocycles. The van der Waals surface area contributed by atoms with E-state index in [-0.39, 0.29) is 5.82 Å². The molecule has 2 aromatic carbocycles. The number of hydrogen-bond acceptors (Lipinski definition) is 0. The average molecular weight is 290 g/mol. The number of benzene rings is 2. The molecule has 0 bridgehead atoms. The first-order chi connectivity index (χ1) is 8.22. The van der Waals surface area contributed by atoms with Crippen molar-refractivity contribution in [2.45, 2.75) is 0 Å². The molecular weight excluding hydrogens is 281 g/mol. The van der Waals surface area contributed by atoms with Crippen LogP contribution < -0.4 is 0 Å². The van der Waals surface area contributed by atoms with Gasteiger partial charge in [-0.3, -0.25) is 0 Å². The van der Waals surface area contributed by atoms with Crippen LogP contribution in [0.25, 0.3) is 22.2 Å². The quantitative estimate of drug-likeness (QED) is 0.666. The Morgan fingerprint density at radius 2 is 1.71 bits per heavy atom. The van der Waals surface area contributed by atoms with Crippen molar-refractivity contribution in [3.05, 3.63) is 58.8 Å². The maximum atomic E-state index is 12.8. The van der Waals surface area contributed by atoms with Crippen LogP contribution >= 0.6 is 15.9 Å². The number of H-pyrrole nitrogens is 1. The Kier molecular flexibility index (Phi) is 2.48. The van der Waals surface area contributed by atoms with Crippen molar-refractivity contribution in [1.29, 1.82) is 0 Å². The van der Waals surface area contributed by atoms with Crippen LogP contribution in [0, 0.1) is 5.82 Å². The van der Waals surface area contributed by atoms with E-state index in [1.165, 1.54) is 12.1 Å². The molecule has 0 aliphatic heterocycles. The van der Waals surface area contributed by atoms with Crippen molar-refractivity contribution in [2.75, 3.05) is 0 Å². The predicted octanol–water partition coefficient (Wildman–Crippen LogP) is 4.74. The zero-order valence-corrected chi connectivity index (χ0v) is 10.5. The minimum absolute atomic E-state index is 0.215. The summed E-state index contributed by atoms with van der Waals surface area (Å²) in [5, 5.41) is 1.14. The summed E-state index contributed by atoms with van der Waals surface area (Å²) < 4.78 is 13.9. The Hall–Kier alpha value is -1.61. The van der Waals surface area contributed by atoms with E-state index < -0.39 is 0 Å². The van der Waals surface area contributed by atoms with Gasteiger partial charge < -0.3 is 4.98 Å². The lowest BCUT2D eigenvalue weighted by Gasteiger charge is -1.96. The van der Waals surface area contributed by atoms with Gasteiger partial charge >= 0.3 is 0 Å². The monoisotopic (exact) mass is 289 g/mol. The molecule has 0 radical (unpaired) electrons. The fourth-order valence-corrected chi connectivity index (χ4v) is 2.27. The van der Waals surface area contributed by atoms with Gasteiger partial charge in [-0.05, 0) is 54.1 Å². The van der Waals surface area contributed by atoms with Crippen molar-refractivity contribution < 1.29 is 4.39 Å². The lowest BCUT2D eigenvalue weighted by Crippen LogP contribution is -1.77. The Morgan fingerprint density at radius 3 is 2.47 bits per heavy atom. The zero-order valence-electron chi connectivity index (χ0n) is 8.87. The second-order valence-electron chi connectivity index (χ2n) is 3.92. The molecule has 17 heavy (non-hydrogen) atoms. The number of aromatic amines is 1. The second-order valence-corrected chi connectivity index (χ2v) is 4.84. The molecule has 84 valence electrons. The van der Waals surface area contributed by atoms with Gasteiger partial charge in [0.1, 0.15) is 5.82 Å². The topological polar surface area (TPSA) is 15.8 Å².